The van der Waals surface area contributed by atoms with Gasteiger partial charge >= 0.3 is 0 Å². The van der Waals surface area contributed by atoms with Crippen molar-refractivity contribution in [2.75, 3.05) is 53.9 Å². The van der Waals surface area contributed by atoms with Crippen molar-refractivity contribution < 1.29 is 4.79 Å². The van der Waals surface area contributed by atoms with Crippen LogP contribution >= 0.6 is 0 Å². The summed E-state index contributed by atoms with van der Waals surface area (Å²) in [5, 5.41) is 6.77. The van der Waals surface area contributed by atoms with Gasteiger partial charge in [-0.25, -0.2) is 0 Å². The molecule has 1 aliphatic rings. The molecule has 2 N–H and O–H groups in total. The summed E-state index contributed by atoms with van der Waals surface area (Å²) in [7, 11) is 5.35. The molecule has 1 fully saturated rings. The van der Waals surface area contributed by atoms with Crippen LogP contribution in [0.25, 0.3) is 0 Å². The van der Waals surface area contributed by atoms with Crippen LogP contribution in [0.4, 0.5) is 0 Å². The zero-order chi connectivity index (χ0) is 19.5. The fourth-order valence-corrected chi connectivity index (χ4v) is 3.36. The molecule has 6 heteroatoms. The minimum absolute atomic E-state index is 0.0378. The monoisotopic (exact) mass is 373 g/mol. The van der Waals surface area contributed by atoms with Crippen molar-refractivity contribution >= 4 is 11.9 Å². The lowest BCUT2D eigenvalue weighted by molar-refractivity contribution is 0.0827. The molecule has 1 amide bonds. The first-order valence-corrected chi connectivity index (χ1v) is 10.1. The number of likely N-dealkylation sites (tertiary alicyclic amines) is 1. The van der Waals surface area contributed by atoms with Crippen molar-refractivity contribution in [3.8, 4) is 0 Å². The second-order valence-electron chi connectivity index (χ2n) is 7.33. The van der Waals surface area contributed by atoms with Crippen LogP contribution in [0, 0.1) is 0 Å². The zero-order valence-electron chi connectivity index (χ0n) is 17.1. The molecular formula is C21H35N5O. The smallest absolute Gasteiger partial charge is 0.253 e. The predicted molar refractivity (Wildman–Crippen MR) is 112 cm³/mol. The molecule has 1 saturated heterocycles. The molecule has 0 bridgehead atoms. The van der Waals surface area contributed by atoms with Crippen molar-refractivity contribution in [1.82, 2.24) is 20.4 Å². The lowest BCUT2D eigenvalue weighted by Crippen LogP contribution is -2.42. The predicted octanol–water partition coefficient (Wildman–Crippen LogP) is 1.97. The Morgan fingerprint density at radius 2 is 1.81 bits per heavy atom. The maximum Gasteiger partial charge on any atom is 0.253 e. The van der Waals surface area contributed by atoms with E-state index in [0.717, 1.165) is 43.1 Å². The van der Waals surface area contributed by atoms with Gasteiger partial charge < -0.3 is 20.4 Å². The molecule has 0 spiro atoms. The van der Waals surface area contributed by atoms with Gasteiger partial charge in [0.1, 0.15) is 0 Å². The highest BCUT2D eigenvalue weighted by Gasteiger charge is 2.09. The Morgan fingerprint density at radius 1 is 1.11 bits per heavy atom. The van der Waals surface area contributed by atoms with Crippen LogP contribution in [-0.2, 0) is 6.42 Å². The van der Waals surface area contributed by atoms with Gasteiger partial charge in [-0.2, -0.15) is 0 Å². The zero-order valence-corrected chi connectivity index (χ0v) is 17.1. The van der Waals surface area contributed by atoms with Gasteiger partial charge in [-0.1, -0.05) is 25.0 Å². The van der Waals surface area contributed by atoms with E-state index in [1.165, 1.54) is 38.8 Å². The fourth-order valence-electron chi connectivity index (χ4n) is 3.36. The Balaban J connectivity index is 1.71. The van der Waals surface area contributed by atoms with E-state index >= 15 is 0 Å². The van der Waals surface area contributed by atoms with E-state index in [1.54, 1.807) is 26.0 Å². The number of nitrogens with one attached hydrogen (secondary N) is 2. The molecule has 0 aromatic heterocycles. The molecule has 0 saturated carbocycles. The van der Waals surface area contributed by atoms with E-state index in [4.69, 9.17) is 0 Å². The minimum Gasteiger partial charge on any atom is -0.356 e. The maximum absolute atomic E-state index is 12.1. The standard InChI is InChI=1S/C21H35N5O/c1-22-21(24-13-16-26-14-6-4-5-7-15-26)23-12-11-18-9-8-10-19(17-18)20(27)25(2)3/h8-10,17H,4-7,11-16H2,1-3H3,(H2,22,23,24). The van der Waals surface area contributed by atoms with Gasteiger partial charge in [0.15, 0.2) is 5.96 Å². The third kappa shape index (κ3) is 7.59. The highest BCUT2D eigenvalue weighted by atomic mass is 16.2. The van der Waals surface area contributed by atoms with Crippen molar-refractivity contribution in [3.05, 3.63) is 35.4 Å². The van der Waals surface area contributed by atoms with Gasteiger partial charge in [-0.05, 0) is 50.0 Å². The van der Waals surface area contributed by atoms with Crippen LogP contribution in [0.1, 0.15) is 41.6 Å². The van der Waals surface area contributed by atoms with Gasteiger partial charge in [0.25, 0.3) is 5.91 Å². The van der Waals surface area contributed by atoms with E-state index in [0.29, 0.717) is 0 Å². The summed E-state index contributed by atoms with van der Waals surface area (Å²) >= 11 is 0. The number of amides is 1. The van der Waals surface area contributed by atoms with Crippen LogP contribution in [0.5, 0.6) is 0 Å². The van der Waals surface area contributed by atoms with Crippen LogP contribution in [0.2, 0.25) is 0 Å². The van der Waals surface area contributed by atoms with Crippen molar-refractivity contribution in [3.63, 3.8) is 0 Å². The van der Waals surface area contributed by atoms with Gasteiger partial charge in [-0.3, -0.25) is 9.79 Å². The van der Waals surface area contributed by atoms with Gasteiger partial charge in [0.05, 0.1) is 0 Å². The van der Waals surface area contributed by atoms with E-state index in [-0.39, 0.29) is 5.91 Å². The van der Waals surface area contributed by atoms with E-state index in [1.807, 2.05) is 18.2 Å². The molecule has 1 heterocycles. The topological polar surface area (TPSA) is 60.0 Å². The molecule has 6 nitrogen and oxygen atoms in total. The largest absolute Gasteiger partial charge is 0.356 e. The second kappa shape index (κ2) is 11.6. The number of hydrogen-bond acceptors (Lipinski definition) is 3. The van der Waals surface area contributed by atoms with Gasteiger partial charge in [-0.15, -0.1) is 0 Å². The van der Waals surface area contributed by atoms with Crippen LogP contribution in [0.3, 0.4) is 0 Å². The summed E-state index contributed by atoms with van der Waals surface area (Å²) in [6.45, 7) is 5.19. The molecule has 27 heavy (non-hydrogen) atoms. The number of carbonyl (C=O) groups excluding carboxylic acids is 1. The number of carbonyl (C=O) groups is 1. The first-order chi connectivity index (χ1) is 13.1. The van der Waals surface area contributed by atoms with Crippen molar-refractivity contribution in [2.45, 2.75) is 32.1 Å². The Bertz CT molecular complexity index is 606. The molecule has 0 atom stereocenters. The molecule has 2 rings (SSSR count). The highest BCUT2D eigenvalue weighted by molar-refractivity contribution is 5.94. The number of benzene rings is 1. The number of guanidine groups is 1. The Morgan fingerprint density at radius 3 is 2.48 bits per heavy atom. The third-order valence-electron chi connectivity index (χ3n) is 4.93. The van der Waals surface area contributed by atoms with Crippen LogP contribution in [-0.4, -0.2) is 75.5 Å². The number of nitrogens with zero attached hydrogens (tertiary/aromatic N) is 3. The summed E-state index contributed by atoms with van der Waals surface area (Å²) in [5.74, 6) is 0.876. The lowest BCUT2D eigenvalue weighted by Gasteiger charge is -2.20. The van der Waals surface area contributed by atoms with E-state index < -0.39 is 0 Å². The normalized spacial score (nSPS) is 15.9. The molecule has 0 aliphatic carbocycles. The average molecular weight is 374 g/mol. The maximum atomic E-state index is 12.1. The molecular weight excluding hydrogens is 338 g/mol. The number of aliphatic imine (C=N–C) groups is 1. The Kier molecular flexibility index (Phi) is 9.11. The van der Waals surface area contributed by atoms with Crippen LogP contribution in [0.15, 0.2) is 29.3 Å². The average Bonchev–Trinajstić information content (AvgIpc) is 2.95. The second-order valence-corrected chi connectivity index (χ2v) is 7.33. The Labute approximate surface area is 164 Å². The minimum atomic E-state index is 0.0378. The molecule has 150 valence electrons. The summed E-state index contributed by atoms with van der Waals surface area (Å²) < 4.78 is 0. The summed E-state index contributed by atoms with van der Waals surface area (Å²) in [5.41, 5.74) is 1.88. The number of rotatable bonds is 7. The van der Waals surface area contributed by atoms with Gasteiger partial charge in [0.2, 0.25) is 0 Å². The molecule has 0 radical (unpaired) electrons. The van der Waals surface area contributed by atoms with E-state index in [2.05, 4.69) is 26.6 Å². The third-order valence-corrected chi connectivity index (χ3v) is 4.93. The molecule has 1 aromatic carbocycles. The Hall–Kier alpha value is -2.08. The van der Waals surface area contributed by atoms with Crippen molar-refractivity contribution in [1.29, 1.82) is 0 Å². The summed E-state index contributed by atoms with van der Waals surface area (Å²) in [6, 6.07) is 7.84. The first kappa shape index (κ1) is 21.2. The number of hydrogen-bond donors (Lipinski definition) is 2. The molecule has 0 unspecified atom stereocenters. The SMILES string of the molecule is CN=C(NCCc1cccc(C(=O)N(C)C)c1)NCCN1CCCCCC1. The summed E-state index contributed by atoms with van der Waals surface area (Å²) in [6.07, 6.45) is 6.23. The molecule has 1 aromatic rings. The van der Waals surface area contributed by atoms with E-state index in [9.17, 15) is 4.79 Å². The van der Waals surface area contributed by atoms with Gasteiger partial charge in [0, 0.05) is 46.3 Å². The van der Waals surface area contributed by atoms with Crippen LogP contribution < -0.4 is 10.6 Å². The lowest BCUT2D eigenvalue weighted by atomic mass is 10.1. The quantitative estimate of drug-likeness (QED) is 0.567. The fraction of sp³-hybridized carbons (Fsp3) is 0.619. The summed E-state index contributed by atoms with van der Waals surface area (Å²) in [4.78, 5) is 20.5. The van der Waals surface area contributed by atoms with Crippen molar-refractivity contribution in [2.24, 2.45) is 4.99 Å². The first-order valence-electron chi connectivity index (χ1n) is 10.1. The molecule has 1 aliphatic heterocycles. The highest BCUT2D eigenvalue weighted by Crippen LogP contribution is 2.09.